The second kappa shape index (κ2) is 23.7. The zero-order valence-electron chi connectivity index (χ0n) is 16.8. The summed E-state index contributed by atoms with van der Waals surface area (Å²) in [6.45, 7) is 2.27. The molecule has 0 spiro atoms. The molecule has 0 fully saturated rings. The maximum absolute atomic E-state index is 11.7. The Morgan fingerprint density at radius 2 is 1.25 bits per heavy atom. The van der Waals surface area contributed by atoms with Crippen molar-refractivity contribution in [2.45, 2.75) is 96.8 Å². The molecule has 0 atom stereocenters. The summed E-state index contributed by atoms with van der Waals surface area (Å²) in [5.74, 6) is 0.527. The van der Waals surface area contributed by atoms with Gasteiger partial charge in [-0.05, 0) is 44.2 Å². The summed E-state index contributed by atoms with van der Waals surface area (Å²) in [4.78, 5) is 11.7. The molecule has 1 aromatic rings. The Hall–Kier alpha value is 0.430. The van der Waals surface area contributed by atoms with Gasteiger partial charge in [0.2, 0.25) is 0 Å². The van der Waals surface area contributed by atoms with Gasteiger partial charge >= 0.3 is 65.1 Å². The van der Waals surface area contributed by atoms with E-state index in [1.165, 1.54) is 70.6 Å². The molecule has 0 N–H and O–H groups in total. The van der Waals surface area contributed by atoms with E-state index in [0.717, 1.165) is 12.8 Å². The molecule has 0 heterocycles. The predicted octanol–water partition coefficient (Wildman–Crippen LogP) is 6.33. The normalized spacial score (nSPS) is 10.3. The topological polar surface area (TPSA) is 26.3 Å². The number of hydrogen-bond donors (Lipinski definition) is 0. The molecule has 0 saturated carbocycles. The summed E-state index contributed by atoms with van der Waals surface area (Å²) in [5, 5.41) is 0. The van der Waals surface area contributed by atoms with Crippen molar-refractivity contribution in [3.63, 3.8) is 0 Å². The van der Waals surface area contributed by atoms with E-state index in [9.17, 15) is 4.79 Å². The Kier molecular flexibility index (Phi) is 25.9. The summed E-state index contributed by atoms with van der Waals surface area (Å²) in [6.07, 6.45) is 21.7. The Bertz CT molecular complexity index is 475. The van der Waals surface area contributed by atoms with E-state index in [0.29, 0.717) is 12.2 Å². The van der Waals surface area contributed by atoms with Gasteiger partial charge in [-0.25, -0.2) is 0 Å². The van der Waals surface area contributed by atoms with Gasteiger partial charge in [-0.3, -0.25) is 4.79 Å². The Morgan fingerprint density at radius 1 is 0.750 bits per heavy atom. The van der Waals surface area contributed by atoms with Crippen LogP contribution in [0.1, 0.15) is 96.8 Å². The summed E-state index contributed by atoms with van der Waals surface area (Å²) in [7, 11) is 0. The molecule has 0 saturated heterocycles. The summed E-state index contributed by atoms with van der Waals surface area (Å²) < 4.78 is 5.29. The standard InChI is InChI=1S/C24H38O2.2Na.2H/c1-2-3-4-5-6-7-8-9-10-11-12-13-14-15-19-22-24(25)26-23-20-17-16-18-21-23;;;;/h9-10,16-18,20-21H,2-8,11-15,19,22H2,1H3;;;;/b10-9-;;;;. The average molecular weight is 407 g/mol. The number of allylic oxidation sites excluding steroid dienone is 2. The van der Waals surface area contributed by atoms with Gasteiger partial charge in [0.25, 0.3) is 0 Å². The van der Waals surface area contributed by atoms with Crippen molar-refractivity contribution < 1.29 is 9.53 Å². The summed E-state index contributed by atoms with van der Waals surface area (Å²) in [6, 6.07) is 9.31. The fraction of sp³-hybridized carbons (Fsp3) is 0.625. The van der Waals surface area contributed by atoms with Crippen LogP contribution in [0.3, 0.4) is 0 Å². The van der Waals surface area contributed by atoms with Crippen molar-refractivity contribution >= 4 is 65.1 Å². The van der Waals surface area contributed by atoms with Crippen LogP contribution in [0.2, 0.25) is 0 Å². The van der Waals surface area contributed by atoms with Crippen LogP contribution in [0.5, 0.6) is 5.75 Å². The van der Waals surface area contributed by atoms with Crippen molar-refractivity contribution in [3.8, 4) is 5.75 Å². The number of carbonyl (C=O) groups excluding carboxylic acids is 1. The summed E-state index contributed by atoms with van der Waals surface area (Å²) >= 11 is 0. The zero-order chi connectivity index (χ0) is 18.7. The molecule has 0 unspecified atom stereocenters. The average Bonchev–Trinajstić information content (AvgIpc) is 2.65. The predicted molar refractivity (Wildman–Crippen MR) is 126 cm³/mol. The van der Waals surface area contributed by atoms with E-state index in [4.69, 9.17) is 4.74 Å². The molecule has 2 nitrogen and oxygen atoms in total. The molecule has 4 heteroatoms. The molecular weight excluding hydrogens is 366 g/mol. The number of ether oxygens (including phenoxy) is 1. The van der Waals surface area contributed by atoms with Gasteiger partial charge in [0, 0.05) is 6.42 Å². The van der Waals surface area contributed by atoms with Gasteiger partial charge in [-0.2, -0.15) is 0 Å². The van der Waals surface area contributed by atoms with Crippen LogP contribution < -0.4 is 4.74 Å². The Balaban J connectivity index is 0. The van der Waals surface area contributed by atoms with Crippen LogP contribution >= 0.6 is 0 Å². The molecular formula is C24H40Na2O2. The number of hydrogen-bond acceptors (Lipinski definition) is 2. The van der Waals surface area contributed by atoms with Crippen molar-refractivity contribution in [2.75, 3.05) is 0 Å². The molecule has 1 aromatic carbocycles. The van der Waals surface area contributed by atoms with Crippen LogP contribution in [0.4, 0.5) is 0 Å². The fourth-order valence-electron chi connectivity index (χ4n) is 3.01. The van der Waals surface area contributed by atoms with Gasteiger partial charge in [0.05, 0.1) is 0 Å². The molecule has 0 aliphatic rings. The monoisotopic (exact) mass is 406 g/mol. The second-order valence-electron chi connectivity index (χ2n) is 7.12. The SMILES string of the molecule is CCCCCCCC/C=C\CCCCCCCC(=O)Oc1ccccc1.[NaH].[NaH]. The molecule has 28 heavy (non-hydrogen) atoms. The molecule has 0 aliphatic heterocycles. The van der Waals surface area contributed by atoms with E-state index in [-0.39, 0.29) is 65.1 Å². The molecule has 0 bridgehead atoms. The third-order valence-electron chi connectivity index (χ3n) is 4.62. The van der Waals surface area contributed by atoms with Crippen molar-refractivity contribution in [1.29, 1.82) is 0 Å². The quantitative estimate of drug-likeness (QED) is 0.105. The van der Waals surface area contributed by atoms with Crippen molar-refractivity contribution in [3.05, 3.63) is 42.5 Å². The summed E-state index contributed by atoms with van der Waals surface area (Å²) in [5.41, 5.74) is 0. The van der Waals surface area contributed by atoms with Crippen LogP contribution in [-0.4, -0.2) is 65.1 Å². The van der Waals surface area contributed by atoms with E-state index < -0.39 is 0 Å². The first-order valence-corrected chi connectivity index (χ1v) is 10.7. The van der Waals surface area contributed by atoms with Gasteiger partial charge in [0.1, 0.15) is 5.75 Å². The van der Waals surface area contributed by atoms with Crippen molar-refractivity contribution in [2.24, 2.45) is 0 Å². The number of unbranched alkanes of at least 4 members (excludes halogenated alkanes) is 11. The first-order chi connectivity index (χ1) is 12.8. The van der Waals surface area contributed by atoms with Crippen molar-refractivity contribution in [1.82, 2.24) is 0 Å². The molecule has 0 aromatic heterocycles. The molecule has 1 rings (SSSR count). The number of esters is 1. The van der Waals surface area contributed by atoms with Gasteiger partial charge in [-0.15, -0.1) is 0 Å². The van der Waals surface area contributed by atoms with E-state index in [1.54, 1.807) is 0 Å². The minimum atomic E-state index is -0.117. The molecule has 0 radical (unpaired) electrons. The number of carbonyl (C=O) groups is 1. The minimum absolute atomic E-state index is 0. The zero-order valence-corrected chi connectivity index (χ0v) is 16.8. The molecule has 0 amide bonds. The Labute approximate surface area is 217 Å². The first-order valence-electron chi connectivity index (χ1n) is 10.7. The van der Waals surface area contributed by atoms with E-state index in [1.807, 2.05) is 30.3 Å². The number of benzene rings is 1. The van der Waals surface area contributed by atoms with E-state index in [2.05, 4.69) is 19.1 Å². The van der Waals surface area contributed by atoms with Gasteiger partial charge in [0.15, 0.2) is 0 Å². The van der Waals surface area contributed by atoms with Crippen LogP contribution in [0.15, 0.2) is 42.5 Å². The van der Waals surface area contributed by atoms with Gasteiger partial charge < -0.3 is 4.74 Å². The van der Waals surface area contributed by atoms with E-state index >= 15 is 0 Å². The fourth-order valence-corrected chi connectivity index (χ4v) is 3.01. The third kappa shape index (κ3) is 19.7. The first kappa shape index (κ1) is 30.6. The number of rotatable bonds is 16. The van der Waals surface area contributed by atoms with Crippen LogP contribution in [0, 0.1) is 0 Å². The maximum atomic E-state index is 11.7. The van der Waals surface area contributed by atoms with Crippen LogP contribution in [0.25, 0.3) is 0 Å². The third-order valence-corrected chi connectivity index (χ3v) is 4.62. The molecule has 150 valence electrons. The van der Waals surface area contributed by atoms with Crippen LogP contribution in [-0.2, 0) is 4.79 Å². The Morgan fingerprint density at radius 3 is 1.82 bits per heavy atom. The van der Waals surface area contributed by atoms with Gasteiger partial charge in [-0.1, -0.05) is 88.6 Å². The second-order valence-corrected chi connectivity index (χ2v) is 7.12. The number of para-hydroxylation sites is 1. The molecule has 0 aliphatic carbocycles.